The standard InChI is InChI=1S/C13H7Cl3N2/c14-9-1-2-10(11(15)6-9)13-12(16)5-8(3-4-17)7-18-13/h1-2,5-7H,3H2. The minimum Gasteiger partial charge on any atom is -0.254 e. The second-order valence-electron chi connectivity index (χ2n) is 3.63. The fourth-order valence-electron chi connectivity index (χ4n) is 1.55. The molecule has 2 aromatic rings. The van der Waals surface area contributed by atoms with Crippen LogP contribution in [-0.4, -0.2) is 4.98 Å². The van der Waals surface area contributed by atoms with E-state index in [1.807, 2.05) is 6.07 Å². The van der Waals surface area contributed by atoms with Crippen molar-refractivity contribution in [3.63, 3.8) is 0 Å². The maximum Gasteiger partial charge on any atom is 0.0903 e. The Morgan fingerprint density at radius 3 is 2.50 bits per heavy atom. The average Bonchev–Trinajstić information content (AvgIpc) is 2.31. The van der Waals surface area contributed by atoms with E-state index in [0.717, 1.165) is 11.1 Å². The van der Waals surface area contributed by atoms with Crippen LogP contribution < -0.4 is 0 Å². The Balaban J connectivity index is 2.48. The number of nitrogens with zero attached hydrogens (tertiary/aromatic N) is 2. The molecule has 0 aliphatic rings. The third-order valence-electron chi connectivity index (χ3n) is 2.37. The van der Waals surface area contributed by atoms with Crippen LogP contribution in [-0.2, 0) is 6.42 Å². The first-order chi connectivity index (χ1) is 8.61. The molecule has 0 saturated heterocycles. The van der Waals surface area contributed by atoms with Gasteiger partial charge >= 0.3 is 0 Å². The van der Waals surface area contributed by atoms with Crippen LogP contribution in [0.3, 0.4) is 0 Å². The van der Waals surface area contributed by atoms with Gasteiger partial charge in [-0.25, -0.2) is 0 Å². The molecule has 2 rings (SSSR count). The van der Waals surface area contributed by atoms with E-state index in [1.54, 1.807) is 30.5 Å². The summed E-state index contributed by atoms with van der Waals surface area (Å²) in [6.07, 6.45) is 1.90. The molecule has 0 bridgehead atoms. The maximum atomic E-state index is 8.61. The zero-order valence-electron chi connectivity index (χ0n) is 9.12. The first kappa shape index (κ1) is 13.2. The van der Waals surface area contributed by atoms with Gasteiger partial charge in [-0.2, -0.15) is 5.26 Å². The molecule has 0 radical (unpaired) electrons. The third-order valence-corrected chi connectivity index (χ3v) is 3.20. The zero-order valence-corrected chi connectivity index (χ0v) is 11.4. The second-order valence-corrected chi connectivity index (χ2v) is 4.88. The van der Waals surface area contributed by atoms with Gasteiger partial charge in [-0.3, -0.25) is 4.98 Å². The van der Waals surface area contributed by atoms with Crippen molar-refractivity contribution in [3.05, 3.63) is 51.1 Å². The summed E-state index contributed by atoms with van der Waals surface area (Å²) in [6.45, 7) is 0. The Morgan fingerprint density at radius 2 is 1.89 bits per heavy atom. The maximum absolute atomic E-state index is 8.61. The van der Waals surface area contributed by atoms with Crippen molar-refractivity contribution < 1.29 is 0 Å². The Labute approximate surface area is 120 Å². The molecule has 0 aliphatic carbocycles. The number of hydrogen-bond donors (Lipinski definition) is 0. The largest absolute Gasteiger partial charge is 0.254 e. The summed E-state index contributed by atoms with van der Waals surface area (Å²) in [4.78, 5) is 4.25. The molecule has 1 heterocycles. The summed E-state index contributed by atoms with van der Waals surface area (Å²) in [5, 5.41) is 10.1. The molecule has 0 unspecified atom stereocenters. The summed E-state index contributed by atoms with van der Waals surface area (Å²) < 4.78 is 0. The number of aromatic nitrogens is 1. The molecule has 1 aromatic heterocycles. The van der Waals surface area contributed by atoms with E-state index in [2.05, 4.69) is 4.98 Å². The predicted octanol–water partition coefficient (Wildman–Crippen LogP) is 4.77. The molecule has 0 atom stereocenters. The molecule has 90 valence electrons. The number of rotatable bonds is 2. The van der Waals surface area contributed by atoms with Crippen LogP contribution in [0.5, 0.6) is 0 Å². The molecule has 2 nitrogen and oxygen atoms in total. The molecule has 18 heavy (non-hydrogen) atoms. The van der Waals surface area contributed by atoms with Crippen LogP contribution in [0.1, 0.15) is 5.56 Å². The van der Waals surface area contributed by atoms with Crippen molar-refractivity contribution in [2.75, 3.05) is 0 Å². The van der Waals surface area contributed by atoms with E-state index < -0.39 is 0 Å². The minimum atomic E-state index is 0.279. The minimum absolute atomic E-state index is 0.279. The lowest BCUT2D eigenvalue weighted by Gasteiger charge is -2.07. The van der Waals surface area contributed by atoms with Gasteiger partial charge in [0.05, 0.1) is 28.2 Å². The normalized spacial score (nSPS) is 10.1. The van der Waals surface area contributed by atoms with E-state index in [4.69, 9.17) is 40.1 Å². The smallest absolute Gasteiger partial charge is 0.0903 e. The van der Waals surface area contributed by atoms with Crippen LogP contribution in [0.2, 0.25) is 15.1 Å². The lowest BCUT2D eigenvalue weighted by atomic mass is 10.1. The van der Waals surface area contributed by atoms with E-state index in [0.29, 0.717) is 20.8 Å². The number of halogens is 3. The van der Waals surface area contributed by atoms with Gasteiger partial charge in [0.25, 0.3) is 0 Å². The van der Waals surface area contributed by atoms with Gasteiger partial charge in [0.2, 0.25) is 0 Å². The van der Waals surface area contributed by atoms with Crippen LogP contribution in [0.4, 0.5) is 0 Å². The van der Waals surface area contributed by atoms with Gasteiger partial charge in [0.1, 0.15) is 0 Å². The molecule has 0 saturated carbocycles. The quantitative estimate of drug-likeness (QED) is 0.800. The lowest BCUT2D eigenvalue weighted by Crippen LogP contribution is -1.90. The highest BCUT2D eigenvalue weighted by molar-refractivity contribution is 6.38. The Hall–Kier alpha value is -1.27. The molecular weight excluding hydrogens is 291 g/mol. The van der Waals surface area contributed by atoms with Gasteiger partial charge in [0, 0.05) is 16.8 Å². The van der Waals surface area contributed by atoms with Crippen molar-refractivity contribution in [2.45, 2.75) is 6.42 Å². The van der Waals surface area contributed by atoms with Crippen molar-refractivity contribution in [2.24, 2.45) is 0 Å². The van der Waals surface area contributed by atoms with Crippen molar-refractivity contribution in [1.29, 1.82) is 5.26 Å². The monoisotopic (exact) mass is 296 g/mol. The molecular formula is C13H7Cl3N2. The zero-order chi connectivity index (χ0) is 13.1. The van der Waals surface area contributed by atoms with Crippen LogP contribution in [0, 0.1) is 11.3 Å². The van der Waals surface area contributed by atoms with Crippen LogP contribution >= 0.6 is 34.8 Å². The fourth-order valence-corrected chi connectivity index (χ4v) is 2.33. The highest BCUT2D eigenvalue weighted by Gasteiger charge is 2.10. The first-order valence-electron chi connectivity index (χ1n) is 5.08. The van der Waals surface area contributed by atoms with Crippen molar-refractivity contribution >= 4 is 34.8 Å². The molecule has 0 spiro atoms. The molecule has 0 fully saturated rings. The highest BCUT2D eigenvalue weighted by Crippen LogP contribution is 2.33. The van der Waals surface area contributed by atoms with E-state index >= 15 is 0 Å². The predicted molar refractivity (Wildman–Crippen MR) is 74.0 cm³/mol. The number of pyridine rings is 1. The SMILES string of the molecule is N#CCc1cnc(-c2ccc(Cl)cc2Cl)c(Cl)c1. The topological polar surface area (TPSA) is 36.7 Å². The van der Waals surface area contributed by atoms with Gasteiger partial charge in [-0.1, -0.05) is 34.8 Å². The lowest BCUT2D eigenvalue weighted by molar-refractivity contribution is 1.19. The summed E-state index contributed by atoms with van der Waals surface area (Å²) in [7, 11) is 0. The average molecular weight is 298 g/mol. The van der Waals surface area contributed by atoms with Crippen molar-refractivity contribution in [1.82, 2.24) is 4.98 Å². The van der Waals surface area contributed by atoms with E-state index in [-0.39, 0.29) is 6.42 Å². The third kappa shape index (κ3) is 2.76. The second kappa shape index (κ2) is 5.58. The molecule has 0 amide bonds. The summed E-state index contributed by atoms with van der Waals surface area (Å²) >= 11 is 18.1. The van der Waals surface area contributed by atoms with Gasteiger partial charge in [-0.15, -0.1) is 0 Å². The Kier molecular flexibility index (Phi) is 4.08. The van der Waals surface area contributed by atoms with Crippen LogP contribution in [0.25, 0.3) is 11.3 Å². The number of nitriles is 1. The number of benzene rings is 1. The van der Waals surface area contributed by atoms with E-state index in [9.17, 15) is 0 Å². The van der Waals surface area contributed by atoms with Gasteiger partial charge < -0.3 is 0 Å². The first-order valence-corrected chi connectivity index (χ1v) is 6.22. The molecule has 1 aromatic carbocycles. The Morgan fingerprint density at radius 1 is 1.11 bits per heavy atom. The van der Waals surface area contributed by atoms with Gasteiger partial charge in [0.15, 0.2) is 0 Å². The van der Waals surface area contributed by atoms with E-state index in [1.165, 1.54) is 0 Å². The highest BCUT2D eigenvalue weighted by atomic mass is 35.5. The molecule has 0 aliphatic heterocycles. The van der Waals surface area contributed by atoms with Crippen LogP contribution in [0.15, 0.2) is 30.5 Å². The Bertz CT molecular complexity index is 633. The summed E-state index contributed by atoms with van der Waals surface area (Å²) in [6, 6.07) is 8.90. The van der Waals surface area contributed by atoms with Gasteiger partial charge in [-0.05, 0) is 29.8 Å². The molecule has 0 N–H and O–H groups in total. The van der Waals surface area contributed by atoms with Crippen molar-refractivity contribution in [3.8, 4) is 17.3 Å². The summed E-state index contributed by atoms with van der Waals surface area (Å²) in [5.74, 6) is 0. The summed E-state index contributed by atoms with van der Waals surface area (Å²) in [5.41, 5.74) is 2.07. The molecule has 5 heteroatoms. The number of hydrogen-bond acceptors (Lipinski definition) is 2. The fraction of sp³-hybridized carbons (Fsp3) is 0.0769.